The topological polar surface area (TPSA) is 49.6 Å². The average Bonchev–Trinajstić information content (AvgIpc) is 2.53. The molecule has 0 aromatic heterocycles. The number of hydrogen-bond acceptors (Lipinski definition) is 3. The van der Waals surface area contributed by atoms with E-state index < -0.39 is 12.2 Å². The Balaban J connectivity index is 0.00000264. The van der Waals surface area contributed by atoms with Crippen molar-refractivity contribution in [3.63, 3.8) is 0 Å². The summed E-state index contributed by atoms with van der Waals surface area (Å²) in [7, 11) is 0. The van der Waals surface area contributed by atoms with Crippen LogP contribution >= 0.6 is 12.4 Å². The highest BCUT2D eigenvalue weighted by Crippen LogP contribution is 2.25. The predicted octanol–water partition coefficient (Wildman–Crippen LogP) is 2.28. The molecule has 1 heterocycles. The van der Waals surface area contributed by atoms with Gasteiger partial charge in [0.2, 0.25) is 0 Å². The van der Waals surface area contributed by atoms with Crippen molar-refractivity contribution in [2.24, 2.45) is 5.73 Å². The number of carbonyl (C=O) groups excluding carboxylic acids is 1. The highest BCUT2D eigenvalue weighted by Gasteiger charge is 2.41. The Morgan fingerprint density at radius 3 is 2.13 bits per heavy atom. The van der Waals surface area contributed by atoms with Crippen LogP contribution in [-0.2, 0) is 6.54 Å². The fourth-order valence-electron chi connectivity index (χ4n) is 2.49. The number of amides is 1. The summed E-state index contributed by atoms with van der Waals surface area (Å²) in [4.78, 5) is 15.3. The molecular formula is C15H21ClF3N3O. The molecule has 0 saturated carbocycles. The summed E-state index contributed by atoms with van der Waals surface area (Å²) in [6, 6.07) is 5.50. The van der Waals surface area contributed by atoms with Crippen LogP contribution in [0.15, 0.2) is 24.3 Å². The molecule has 1 atom stereocenters. The number of nitrogens with zero attached hydrogens (tertiary/aromatic N) is 2. The molecule has 0 bridgehead atoms. The van der Waals surface area contributed by atoms with Crippen molar-refractivity contribution >= 4 is 18.3 Å². The minimum absolute atomic E-state index is 0. The first kappa shape index (κ1) is 19.7. The van der Waals surface area contributed by atoms with Gasteiger partial charge >= 0.3 is 6.18 Å². The number of nitrogens with two attached hydrogens (primary N) is 1. The number of halogens is 4. The largest absolute Gasteiger partial charge is 0.403 e. The second-order valence-corrected chi connectivity index (χ2v) is 5.45. The number of rotatable bonds is 3. The Hall–Kier alpha value is -1.31. The molecule has 1 aromatic carbocycles. The normalized spacial score (nSPS) is 17.5. The van der Waals surface area contributed by atoms with Gasteiger partial charge in [-0.3, -0.25) is 9.69 Å². The monoisotopic (exact) mass is 351 g/mol. The molecule has 0 radical (unpaired) electrons. The van der Waals surface area contributed by atoms with Crippen LogP contribution in [0.1, 0.15) is 22.8 Å². The molecule has 4 nitrogen and oxygen atoms in total. The lowest BCUT2D eigenvalue weighted by molar-refractivity contribution is -0.181. The average molecular weight is 352 g/mol. The van der Waals surface area contributed by atoms with Gasteiger partial charge in [0, 0.05) is 38.3 Å². The van der Waals surface area contributed by atoms with Gasteiger partial charge in [-0.1, -0.05) is 12.1 Å². The van der Waals surface area contributed by atoms with Crippen molar-refractivity contribution in [1.82, 2.24) is 9.80 Å². The van der Waals surface area contributed by atoms with E-state index in [1.54, 1.807) is 29.2 Å². The molecule has 23 heavy (non-hydrogen) atoms. The standard InChI is InChI=1S/C15H20F3N3O.ClH/c1-11(15(16,17)18)20-6-8-21(9-7-20)14(22)13-4-2-12(10-19)3-5-13;/h2-5,11H,6-10,19H2,1H3;1H. The van der Waals surface area contributed by atoms with E-state index in [1.807, 2.05) is 0 Å². The molecule has 2 N–H and O–H groups in total. The summed E-state index contributed by atoms with van der Waals surface area (Å²) in [6.45, 7) is 2.63. The second-order valence-electron chi connectivity index (χ2n) is 5.45. The van der Waals surface area contributed by atoms with Crippen molar-refractivity contribution in [2.45, 2.75) is 25.7 Å². The summed E-state index contributed by atoms with van der Waals surface area (Å²) in [5.74, 6) is -0.150. The zero-order valence-electron chi connectivity index (χ0n) is 12.8. The molecule has 1 unspecified atom stereocenters. The number of alkyl halides is 3. The minimum atomic E-state index is -4.23. The lowest BCUT2D eigenvalue weighted by atomic mass is 10.1. The number of carbonyl (C=O) groups is 1. The highest BCUT2D eigenvalue weighted by molar-refractivity contribution is 5.94. The van der Waals surface area contributed by atoms with E-state index in [-0.39, 0.29) is 31.4 Å². The van der Waals surface area contributed by atoms with Gasteiger partial charge in [-0.25, -0.2) is 0 Å². The van der Waals surface area contributed by atoms with E-state index >= 15 is 0 Å². The van der Waals surface area contributed by atoms with Gasteiger partial charge in [-0.15, -0.1) is 12.4 Å². The summed E-state index contributed by atoms with van der Waals surface area (Å²) >= 11 is 0. The third-order valence-electron chi connectivity index (χ3n) is 4.06. The van der Waals surface area contributed by atoms with Gasteiger partial charge in [0.1, 0.15) is 6.04 Å². The predicted molar refractivity (Wildman–Crippen MR) is 84.6 cm³/mol. The molecule has 0 aliphatic carbocycles. The smallest absolute Gasteiger partial charge is 0.336 e. The lowest BCUT2D eigenvalue weighted by Gasteiger charge is -2.38. The van der Waals surface area contributed by atoms with E-state index in [2.05, 4.69) is 0 Å². The van der Waals surface area contributed by atoms with Crippen molar-refractivity contribution in [3.05, 3.63) is 35.4 Å². The first-order valence-electron chi connectivity index (χ1n) is 7.22. The maximum atomic E-state index is 12.7. The van der Waals surface area contributed by atoms with E-state index in [9.17, 15) is 18.0 Å². The molecule has 1 saturated heterocycles. The number of piperazine rings is 1. The van der Waals surface area contributed by atoms with Crippen LogP contribution in [-0.4, -0.2) is 54.1 Å². The fraction of sp³-hybridized carbons (Fsp3) is 0.533. The zero-order valence-corrected chi connectivity index (χ0v) is 13.7. The zero-order chi connectivity index (χ0) is 16.3. The van der Waals surface area contributed by atoms with Crippen LogP contribution in [0.5, 0.6) is 0 Å². The quantitative estimate of drug-likeness (QED) is 0.909. The van der Waals surface area contributed by atoms with E-state index in [1.165, 1.54) is 4.90 Å². The highest BCUT2D eigenvalue weighted by atomic mass is 35.5. The molecule has 1 amide bonds. The molecule has 1 aliphatic rings. The summed E-state index contributed by atoms with van der Waals surface area (Å²) in [6.07, 6.45) is -4.23. The van der Waals surface area contributed by atoms with Gasteiger partial charge in [-0.2, -0.15) is 13.2 Å². The van der Waals surface area contributed by atoms with Gasteiger partial charge < -0.3 is 10.6 Å². The SMILES string of the molecule is CC(N1CCN(C(=O)c2ccc(CN)cc2)CC1)C(F)(F)F.Cl. The van der Waals surface area contributed by atoms with Crippen LogP contribution in [0.4, 0.5) is 13.2 Å². The molecule has 1 aliphatic heterocycles. The van der Waals surface area contributed by atoms with Crippen molar-refractivity contribution in [1.29, 1.82) is 0 Å². The molecule has 8 heteroatoms. The fourth-order valence-corrected chi connectivity index (χ4v) is 2.49. The summed E-state index contributed by atoms with van der Waals surface area (Å²) in [5.41, 5.74) is 6.97. The first-order chi connectivity index (χ1) is 10.3. The van der Waals surface area contributed by atoms with Crippen molar-refractivity contribution < 1.29 is 18.0 Å². The summed E-state index contributed by atoms with van der Waals surface area (Å²) < 4.78 is 38.1. The Bertz CT molecular complexity index is 514. The third-order valence-corrected chi connectivity index (χ3v) is 4.06. The van der Waals surface area contributed by atoms with Crippen molar-refractivity contribution in [3.8, 4) is 0 Å². The van der Waals surface area contributed by atoms with Crippen LogP contribution < -0.4 is 5.73 Å². The molecule has 130 valence electrons. The van der Waals surface area contributed by atoms with Gasteiger partial charge in [-0.05, 0) is 24.6 Å². The molecule has 0 spiro atoms. The van der Waals surface area contributed by atoms with Crippen molar-refractivity contribution in [2.75, 3.05) is 26.2 Å². The van der Waals surface area contributed by atoms with Crippen LogP contribution in [0.25, 0.3) is 0 Å². The number of hydrogen-bond donors (Lipinski definition) is 1. The Morgan fingerprint density at radius 2 is 1.70 bits per heavy atom. The Morgan fingerprint density at radius 1 is 1.17 bits per heavy atom. The maximum absolute atomic E-state index is 12.7. The molecular weight excluding hydrogens is 331 g/mol. The van der Waals surface area contributed by atoms with Gasteiger partial charge in [0.25, 0.3) is 5.91 Å². The van der Waals surface area contributed by atoms with Gasteiger partial charge in [0.15, 0.2) is 0 Å². The Kier molecular flexibility index (Phi) is 6.85. The van der Waals surface area contributed by atoms with E-state index in [0.29, 0.717) is 25.2 Å². The molecule has 1 fully saturated rings. The van der Waals surface area contributed by atoms with Crippen LogP contribution in [0.3, 0.4) is 0 Å². The third kappa shape index (κ3) is 4.83. The Labute approximate surface area is 139 Å². The maximum Gasteiger partial charge on any atom is 0.403 e. The molecule has 2 rings (SSSR count). The summed E-state index contributed by atoms with van der Waals surface area (Å²) in [5, 5.41) is 0. The lowest BCUT2D eigenvalue weighted by Crippen LogP contribution is -2.54. The first-order valence-corrected chi connectivity index (χ1v) is 7.22. The van der Waals surface area contributed by atoms with E-state index in [4.69, 9.17) is 5.73 Å². The number of benzene rings is 1. The minimum Gasteiger partial charge on any atom is -0.336 e. The van der Waals surface area contributed by atoms with E-state index in [0.717, 1.165) is 12.5 Å². The molecule has 1 aromatic rings. The van der Waals surface area contributed by atoms with Crippen LogP contribution in [0, 0.1) is 0 Å². The second kappa shape index (κ2) is 7.99. The van der Waals surface area contributed by atoms with Crippen LogP contribution in [0.2, 0.25) is 0 Å². The van der Waals surface area contributed by atoms with Gasteiger partial charge in [0.05, 0.1) is 0 Å².